The van der Waals surface area contributed by atoms with Crippen LogP contribution in [-0.4, -0.2) is 43.7 Å². The lowest BCUT2D eigenvalue weighted by atomic mass is 10.3. The predicted octanol–water partition coefficient (Wildman–Crippen LogP) is 0.205. The number of carbonyl (C=O) groups is 1. The van der Waals surface area contributed by atoms with E-state index in [0.29, 0.717) is 26.2 Å². The zero-order valence-corrected chi connectivity index (χ0v) is 10.3. The molecule has 1 aliphatic heterocycles. The number of ether oxygens (including phenoxy) is 1. The van der Waals surface area contributed by atoms with Crippen LogP contribution in [0, 0.1) is 0 Å². The first-order valence-electron chi connectivity index (χ1n) is 6.09. The summed E-state index contributed by atoms with van der Waals surface area (Å²) in [5, 5.41) is 2.84. The summed E-state index contributed by atoms with van der Waals surface area (Å²) in [6.45, 7) is 3.30. The van der Waals surface area contributed by atoms with E-state index in [1.54, 1.807) is 6.20 Å². The summed E-state index contributed by atoms with van der Waals surface area (Å²) in [5.74, 6) is 0.714. The van der Waals surface area contributed by atoms with Gasteiger partial charge in [0.2, 0.25) is 5.91 Å². The Kier molecular flexibility index (Phi) is 4.49. The summed E-state index contributed by atoms with van der Waals surface area (Å²) >= 11 is 0. The fourth-order valence-corrected chi connectivity index (χ4v) is 1.87. The van der Waals surface area contributed by atoms with Crippen molar-refractivity contribution in [2.24, 2.45) is 5.73 Å². The highest BCUT2D eigenvalue weighted by molar-refractivity contribution is 5.93. The largest absolute Gasteiger partial charge is 0.378 e. The van der Waals surface area contributed by atoms with Gasteiger partial charge in [0, 0.05) is 32.3 Å². The minimum Gasteiger partial charge on any atom is -0.378 e. The summed E-state index contributed by atoms with van der Waals surface area (Å²) < 4.78 is 5.31. The smallest absolute Gasteiger partial charge is 0.225 e. The summed E-state index contributed by atoms with van der Waals surface area (Å²) in [4.78, 5) is 18.0. The summed E-state index contributed by atoms with van der Waals surface area (Å²) in [7, 11) is 0. The third-order valence-corrected chi connectivity index (χ3v) is 2.74. The molecule has 1 aliphatic rings. The van der Waals surface area contributed by atoms with Crippen LogP contribution in [-0.2, 0) is 9.53 Å². The van der Waals surface area contributed by atoms with Gasteiger partial charge in [-0.15, -0.1) is 0 Å². The van der Waals surface area contributed by atoms with Gasteiger partial charge in [0.25, 0.3) is 0 Å². The van der Waals surface area contributed by atoms with Crippen molar-refractivity contribution in [2.75, 3.05) is 43.1 Å². The minimum absolute atomic E-state index is 0.0833. The number of hydrogen-bond donors (Lipinski definition) is 2. The maximum absolute atomic E-state index is 11.6. The minimum atomic E-state index is -0.0833. The summed E-state index contributed by atoms with van der Waals surface area (Å²) in [6.07, 6.45) is 2.04. The highest BCUT2D eigenvalue weighted by atomic mass is 16.5. The van der Waals surface area contributed by atoms with Gasteiger partial charge in [-0.1, -0.05) is 0 Å². The molecule has 1 amide bonds. The molecule has 1 aromatic heterocycles. The Morgan fingerprint density at radius 2 is 2.28 bits per heavy atom. The molecule has 0 radical (unpaired) electrons. The Morgan fingerprint density at radius 3 is 3.00 bits per heavy atom. The second-order valence-corrected chi connectivity index (χ2v) is 4.06. The molecule has 0 saturated carbocycles. The number of morpholine rings is 1. The van der Waals surface area contributed by atoms with E-state index in [1.807, 2.05) is 12.1 Å². The molecule has 98 valence electrons. The van der Waals surface area contributed by atoms with Gasteiger partial charge in [-0.05, 0) is 12.1 Å². The third kappa shape index (κ3) is 3.18. The average molecular weight is 250 g/mol. The zero-order valence-electron chi connectivity index (χ0n) is 10.3. The molecule has 2 heterocycles. The van der Waals surface area contributed by atoms with Gasteiger partial charge in [-0.3, -0.25) is 4.79 Å². The number of anilines is 2. The number of rotatable bonds is 4. The highest BCUT2D eigenvalue weighted by Crippen LogP contribution is 2.23. The maximum atomic E-state index is 11.6. The Morgan fingerprint density at radius 1 is 1.50 bits per heavy atom. The maximum Gasteiger partial charge on any atom is 0.225 e. The van der Waals surface area contributed by atoms with E-state index in [1.165, 1.54) is 0 Å². The van der Waals surface area contributed by atoms with E-state index in [2.05, 4.69) is 15.2 Å². The third-order valence-electron chi connectivity index (χ3n) is 2.74. The molecular formula is C12H18N4O2. The molecule has 0 bridgehead atoms. The molecule has 0 aromatic carbocycles. The number of carbonyl (C=O) groups excluding carboxylic acids is 1. The van der Waals surface area contributed by atoms with Crippen LogP contribution in [0.1, 0.15) is 6.42 Å². The molecule has 3 N–H and O–H groups in total. The first-order chi connectivity index (χ1) is 8.81. The van der Waals surface area contributed by atoms with Gasteiger partial charge in [-0.2, -0.15) is 0 Å². The van der Waals surface area contributed by atoms with E-state index < -0.39 is 0 Å². The molecule has 6 nitrogen and oxygen atoms in total. The Labute approximate surface area is 106 Å². The molecule has 0 unspecified atom stereocenters. The first kappa shape index (κ1) is 12.8. The van der Waals surface area contributed by atoms with Crippen LogP contribution in [0.2, 0.25) is 0 Å². The van der Waals surface area contributed by atoms with Gasteiger partial charge in [0.1, 0.15) is 0 Å². The first-order valence-corrected chi connectivity index (χ1v) is 6.09. The number of amides is 1. The Balaban J connectivity index is 2.11. The van der Waals surface area contributed by atoms with Gasteiger partial charge in [-0.25, -0.2) is 4.98 Å². The van der Waals surface area contributed by atoms with E-state index in [0.717, 1.165) is 24.6 Å². The number of aromatic nitrogens is 1. The van der Waals surface area contributed by atoms with E-state index in [4.69, 9.17) is 10.5 Å². The molecule has 6 heteroatoms. The van der Waals surface area contributed by atoms with E-state index >= 15 is 0 Å². The van der Waals surface area contributed by atoms with Crippen LogP contribution in [0.3, 0.4) is 0 Å². The lowest BCUT2D eigenvalue weighted by Gasteiger charge is -2.29. The van der Waals surface area contributed by atoms with Crippen molar-refractivity contribution in [1.29, 1.82) is 0 Å². The summed E-state index contributed by atoms with van der Waals surface area (Å²) in [5.41, 5.74) is 6.09. The lowest BCUT2D eigenvalue weighted by molar-refractivity contribution is -0.116. The van der Waals surface area contributed by atoms with Crippen LogP contribution in [0.4, 0.5) is 11.5 Å². The molecule has 0 atom stereocenters. The normalized spacial score (nSPS) is 15.5. The van der Waals surface area contributed by atoms with Gasteiger partial charge < -0.3 is 20.7 Å². The molecule has 1 fully saturated rings. The number of hydrogen-bond acceptors (Lipinski definition) is 5. The molecule has 2 rings (SSSR count). The van der Waals surface area contributed by atoms with Crippen molar-refractivity contribution < 1.29 is 9.53 Å². The molecule has 1 aromatic rings. The van der Waals surface area contributed by atoms with Gasteiger partial charge >= 0.3 is 0 Å². The average Bonchev–Trinajstić information content (AvgIpc) is 2.40. The topological polar surface area (TPSA) is 80.5 Å². The van der Waals surface area contributed by atoms with Crippen LogP contribution in [0.5, 0.6) is 0 Å². The quantitative estimate of drug-likeness (QED) is 0.798. The highest BCUT2D eigenvalue weighted by Gasteiger charge is 2.16. The second-order valence-electron chi connectivity index (χ2n) is 4.06. The standard InChI is InChI=1S/C12H18N4O2/c13-4-3-11(17)15-10-2-1-5-14-12(10)16-6-8-18-9-7-16/h1-2,5H,3-4,6-9,13H2,(H,15,17). The van der Waals surface area contributed by atoms with E-state index in [-0.39, 0.29) is 5.91 Å². The molecule has 18 heavy (non-hydrogen) atoms. The molecule has 0 spiro atoms. The zero-order chi connectivity index (χ0) is 12.8. The fourth-order valence-electron chi connectivity index (χ4n) is 1.87. The lowest BCUT2D eigenvalue weighted by Crippen LogP contribution is -2.37. The van der Waals surface area contributed by atoms with Crippen molar-refractivity contribution in [3.63, 3.8) is 0 Å². The second kappa shape index (κ2) is 6.32. The molecular weight excluding hydrogens is 232 g/mol. The van der Waals surface area contributed by atoms with Crippen molar-refractivity contribution in [1.82, 2.24) is 4.98 Å². The van der Waals surface area contributed by atoms with Gasteiger partial charge in [0.15, 0.2) is 5.82 Å². The molecule has 0 aliphatic carbocycles. The number of nitrogens with one attached hydrogen (secondary N) is 1. The van der Waals surface area contributed by atoms with Crippen LogP contribution < -0.4 is 16.0 Å². The van der Waals surface area contributed by atoms with Crippen molar-refractivity contribution in [2.45, 2.75) is 6.42 Å². The monoisotopic (exact) mass is 250 g/mol. The van der Waals surface area contributed by atoms with Crippen LogP contribution >= 0.6 is 0 Å². The predicted molar refractivity (Wildman–Crippen MR) is 69.6 cm³/mol. The molecule has 1 saturated heterocycles. The van der Waals surface area contributed by atoms with Crippen molar-refractivity contribution in [3.8, 4) is 0 Å². The Bertz CT molecular complexity index is 405. The van der Waals surface area contributed by atoms with Crippen LogP contribution in [0.25, 0.3) is 0 Å². The van der Waals surface area contributed by atoms with Gasteiger partial charge in [0.05, 0.1) is 18.9 Å². The van der Waals surface area contributed by atoms with Crippen LogP contribution in [0.15, 0.2) is 18.3 Å². The number of pyridine rings is 1. The Hall–Kier alpha value is -1.66. The van der Waals surface area contributed by atoms with Crippen molar-refractivity contribution in [3.05, 3.63) is 18.3 Å². The number of nitrogens with zero attached hydrogens (tertiary/aromatic N) is 2. The van der Waals surface area contributed by atoms with E-state index in [9.17, 15) is 4.79 Å². The van der Waals surface area contributed by atoms with Crippen molar-refractivity contribution >= 4 is 17.4 Å². The SMILES string of the molecule is NCCC(=O)Nc1cccnc1N1CCOCC1. The fraction of sp³-hybridized carbons (Fsp3) is 0.500. The number of nitrogens with two attached hydrogens (primary N) is 1. The summed E-state index contributed by atoms with van der Waals surface area (Å²) in [6, 6.07) is 3.66.